The van der Waals surface area contributed by atoms with Gasteiger partial charge >= 0.3 is 0 Å². The fourth-order valence-corrected chi connectivity index (χ4v) is 6.22. The molecule has 1 heterocycles. The number of nitrogens with zero attached hydrogens (tertiary/aromatic N) is 1. The molecular weight excluding hydrogens is 492 g/mol. The van der Waals surface area contributed by atoms with Crippen molar-refractivity contribution in [3.8, 4) is 5.75 Å². The van der Waals surface area contributed by atoms with Crippen LogP contribution in [0.15, 0.2) is 39.7 Å². The number of aryl methyl sites for hydroxylation is 2. The summed E-state index contributed by atoms with van der Waals surface area (Å²) < 4.78 is 33.6. The molecule has 0 bridgehead atoms. The Morgan fingerprint density at radius 2 is 1.90 bits per heavy atom. The lowest BCUT2D eigenvalue weighted by Gasteiger charge is -2.31. The topological polar surface area (TPSA) is 75.7 Å². The van der Waals surface area contributed by atoms with Crippen LogP contribution in [0.3, 0.4) is 0 Å². The lowest BCUT2D eigenvalue weighted by atomic mass is 9.98. The fraction of sp³-hybridized carbons (Fsp3) is 0.381. The van der Waals surface area contributed by atoms with E-state index in [4.69, 9.17) is 16.3 Å². The number of piperidine rings is 1. The zero-order valence-electron chi connectivity index (χ0n) is 17.0. The summed E-state index contributed by atoms with van der Waals surface area (Å²) >= 11 is 9.56. The van der Waals surface area contributed by atoms with Gasteiger partial charge in [0.05, 0.1) is 22.9 Å². The van der Waals surface area contributed by atoms with Crippen LogP contribution in [-0.2, 0) is 14.8 Å². The first kappa shape index (κ1) is 23.1. The van der Waals surface area contributed by atoms with Crippen LogP contribution in [0.1, 0.15) is 24.0 Å². The number of carbonyl (C=O) groups is 1. The molecule has 1 aliphatic heterocycles. The molecule has 0 aliphatic carbocycles. The Labute approximate surface area is 190 Å². The van der Waals surface area contributed by atoms with E-state index in [1.54, 1.807) is 0 Å². The predicted molar refractivity (Wildman–Crippen MR) is 122 cm³/mol. The lowest BCUT2D eigenvalue weighted by Crippen LogP contribution is -2.43. The molecule has 2 aromatic rings. The zero-order valence-corrected chi connectivity index (χ0v) is 20.2. The van der Waals surface area contributed by atoms with E-state index in [1.807, 2.05) is 26.0 Å². The highest BCUT2D eigenvalue weighted by molar-refractivity contribution is 9.10. The molecule has 9 heteroatoms. The van der Waals surface area contributed by atoms with Crippen molar-refractivity contribution in [1.82, 2.24) is 4.31 Å². The molecule has 0 unspecified atom stereocenters. The molecule has 30 heavy (non-hydrogen) atoms. The monoisotopic (exact) mass is 514 g/mol. The summed E-state index contributed by atoms with van der Waals surface area (Å²) in [6, 6.07) is 8.26. The van der Waals surface area contributed by atoms with E-state index in [-0.39, 0.29) is 22.4 Å². The van der Waals surface area contributed by atoms with Gasteiger partial charge in [-0.3, -0.25) is 4.79 Å². The van der Waals surface area contributed by atoms with Gasteiger partial charge in [-0.1, -0.05) is 27.5 Å². The summed E-state index contributed by atoms with van der Waals surface area (Å²) in [5, 5.41) is 3.22. The summed E-state index contributed by atoms with van der Waals surface area (Å²) in [6.07, 6.45) is 1.25. The average molecular weight is 516 g/mol. The maximum Gasteiger partial charge on any atom is 0.243 e. The Morgan fingerprint density at radius 1 is 1.23 bits per heavy atom. The third-order valence-corrected chi connectivity index (χ3v) is 7.88. The molecule has 0 saturated carbocycles. The van der Waals surface area contributed by atoms with Gasteiger partial charge in [-0.15, -0.1) is 0 Å². The molecule has 6 nitrogen and oxygen atoms in total. The largest absolute Gasteiger partial charge is 0.495 e. The summed E-state index contributed by atoms with van der Waals surface area (Å²) in [4.78, 5) is 13.0. The fourth-order valence-electron chi connectivity index (χ4n) is 3.66. The van der Waals surface area contributed by atoms with Crippen molar-refractivity contribution in [3.63, 3.8) is 0 Å². The second kappa shape index (κ2) is 9.26. The number of carbonyl (C=O) groups excluding carboxylic acids is 1. The Hall–Kier alpha value is -1.61. The molecule has 1 fully saturated rings. The molecule has 1 N–H and O–H groups in total. The van der Waals surface area contributed by atoms with Crippen LogP contribution in [0.2, 0.25) is 5.02 Å². The predicted octanol–water partition coefficient (Wildman–Crippen LogP) is 4.77. The number of methoxy groups -OCH3 is 1. The van der Waals surface area contributed by atoms with E-state index in [1.165, 1.54) is 29.6 Å². The smallest absolute Gasteiger partial charge is 0.243 e. The van der Waals surface area contributed by atoms with Crippen molar-refractivity contribution in [1.29, 1.82) is 0 Å². The quantitative estimate of drug-likeness (QED) is 0.622. The van der Waals surface area contributed by atoms with E-state index in [9.17, 15) is 13.2 Å². The van der Waals surface area contributed by atoms with Crippen molar-refractivity contribution >= 4 is 49.1 Å². The van der Waals surface area contributed by atoms with Gasteiger partial charge in [-0.05, 0) is 68.1 Å². The third kappa shape index (κ3) is 4.82. The van der Waals surface area contributed by atoms with Crippen LogP contribution in [-0.4, -0.2) is 38.8 Å². The van der Waals surface area contributed by atoms with Crippen molar-refractivity contribution < 1.29 is 17.9 Å². The number of rotatable bonds is 5. The molecule has 162 valence electrons. The highest BCUT2D eigenvalue weighted by Crippen LogP contribution is 2.31. The van der Waals surface area contributed by atoms with Crippen LogP contribution < -0.4 is 10.1 Å². The third-order valence-electron chi connectivity index (χ3n) is 5.26. The van der Waals surface area contributed by atoms with E-state index >= 15 is 0 Å². The lowest BCUT2D eigenvalue weighted by molar-refractivity contribution is -0.120. The van der Waals surface area contributed by atoms with Gasteiger partial charge in [0.2, 0.25) is 15.9 Å². The van der Waals surface area contributed by atoms with Gasteiger partial charge in [-0.25, -0.2) is 8.42 Å². The van der Waals surface area contributed by atoms with Gasteiger partial charge < -0.3 is 10.1 Å². The minimum absolute atomic E-state index is 0.0916. The number of amides is 1. The number of ether oxygens (including phenoxy) is 1. The Bertz CT molecular complexity index is 1050. The van der Waals surface area contributed by atoms with Crippen LogP contribution in [0.5, 0.6) is 5.75 Å². The summed E-state index contributed by atoms with van der Waals surface area (Å²) in [7, 11) is -2.29. The van der Waals surface area contributed by atoms with Gasteiger partial charge in [-0.2, -0.15) is 4.31 Å². The molecule has 1 amide bonds. The molecular formula is C21H24BrClN2O4S. The first-order valence-electron chi connectivity index (χ1n) is 9.54. The Kier molecular flexibility index (Phi) is 7.12. The number of nitrogens with one attached hydrogen (secondary N) is 1. The van der Waals surface area contributed by atoms with Gasteiger partial charge in [0.1, 0.15) is 5.75 Å². The highest BCUT2D eigenvalue weighted by Gasteiger charge is 2.34. The normalized spacial score (nSPS) is 17.6. The zero-order chi connectivity index (χ0) is 22.1. The highest BCUT2D eigenvalue weighted by atomic mass is 79.9. The molecule has 1 aliphatic rings. The van der Waals surface area contributed by atoms with Gasteiger partial charge in [0.15, 0.2) is 0 Å². The molecule has 0 aromatic heterocycles. The van der Waals surface area contributed by atoms with Crippen molar-refractivity contribution in [2.24, 2.45) is 5.92 Å². The number of halogens is 2. The maximum atomic E-state index is 13.1. The number of benzene rings is 2. The molecule has 1 saturated heterocycles. The second-order valence-electron chi connectivity index (χ2n) is 7.40. The van der Waals surface area contributed by atoms with Crippen LogP contribution in [0.4, 0.5) is 5.69 Å². The van der Waals surface area contributed by atoms with Crippen molar-refractivity contribution in [3.05, 3.63) is 51.0 Å². The van der Waals surface area contributed by atoms with E-state index in [0.717, 1.165) is 21.3 Å². The van der Waals surface area contributed by atoms with Gasteiger partial charge in [0.25, 0.3) is 0 Å². The van der Waals surface area contributed by atoms with E-state index in [2.05, 4.69) is 21.2 Å². The summed E-state index contributed by atoms with van der Waals surface area (Å²) in [5.74, 6) is -0.187. The number of hydrogen-bond donors (Lipinski definition) is 1. The van der Waals surface area contributed by atoms with Gasteiger partial charge in [0, 0.05) is 23.2 Å². The van der Waals surface area contributed by atoms with Crippen LogP contribution in [0.25, 0.3) is 0 Å². The maximum absolute atomic E-state index is 13.1. The summed E-state index contributed by atoms with van der Waals surface area (Å²) in [6.45, 7) is 4.36. The molecule has 0 spiro atoms. The van der Waals surface area contributed by atoms with Crippen molar-refractivity contribution in [2.45, 2.75) is 31.6 Å². The van der Waals surface area contributed by atoms with E-state index < -0.39 is 15.9 Å². The number of anilines is 1. The van der Waals surface area contributed by atoms with Crippen LogP contribution in [0, 0.1) is 19.8 Å². The van der Waals surface area contributed by atoms with E-state index in [0.29, 0.717) is 25.1 Å². The molecule has 2 aromatic carbocycles. The molecule has 0 radical (unpaired) electrons. The van der Waals surface area contributed by atoms with Crippen LogP contribution >= 0.6 is 27.5 Å². The van der Waals surface area contributed by atoms with Crippen molar-refractivity contribution in [2.75, 3.05) is 25.5 Å². The first-order chi connectivity index (χ1) is 14.1. The minimum Gasteiger partial charge on any atom is -0.495 e. The number of hydrogen-bond acceptors (Lipinski definition) is 4. The second-order valence-corrected chi connectivity index (χ2v) is 10.7. The average Bonchev–Trinajstić information content (AvgIpc) is 2.70. The number of sulfonamides is 1. The summed E-state index contributed by atoms with van der Waals surface area (Å²) in [5.41, 5.74) is 2.66. The standard InChI is InChI=1S/C21H24BrClN2O4S/c1-13-9-16(22)10-14(2)20(13)24-21(26)15-5-4-8-25(12-15)30(27,28)17-6-7-19(29-3)18(23)11-17/h6-7,9-11,15H,4-5,8,12H2,1-3H3,(H,24,26)/t15-/m0/s1. The Morgan fingerprint density at radius 3 is 2.50 bits per heavy atom. The Balaban J connectivity index is 1.78. The molecule has 1 atom stereocenters. The SMILES string of the molecule is COc1ccc(S(=O)(=O)N2CCC[C@H](C(=O)Nc3c(C)cc(Br)cc3C)C2)cc1Cl. The minimum atomic E-state index is -3.76. The first-order valence-corrected chi connectivity index (χ1v) is 12.2. The molecule has 3 rings (SSSR count).